The Balaban J connectivity index is 1.30. The second kappa shape index (κ2) is 12.5. The van der Waals surface area contributed by atoms with Crippen LogP contribution in [0.15, 0.2) is 66.5 Å². The van der Waals surface area contributed by atoms with Crippen LogP contribution in [0.2, 0.25) is 0 Å². The Morgan fingerprint density at radius 2 is 1.88 bits per heavy atom. The van der Waals surface area contributed by atoms with Crippen LogP contribution < -0.4 is 9.47 Å². The molecule has 5 rings (SSSR count). The normalized spacial score (nSPS) is 23.8. The van der Waals surface area contributed by atoms with E-state index in [0.29, 0.717) is 44.0 Å². The summed E-state index contributed by atoms with van der Waals surface area (Å²) in [7, 11) is -3.21. The molecule has 0 bridgehead atoms. The number of halogens is 1. The summed E-state index contributed by atoms with van der Waals surface area (Å²) in [6.45, 7) is 9.29. The number of benzene rings is 2. The first-order valence-electron chi connectivity index (χ1n) is 14.6. The quantitative estimate of drug-likeness (QED) is 0.375. The van der Waals surface area contributed by atoms with E-state index in [4.69, 9.17) is 14.6 Å². The van der Waals surface area contributed by atoms with Crippen molar-refractivity contribution in [3.63, 3.8) is 0 Å². The first kappa shape index (κ1) is 30.8. The summed E-state index contributed by atoms with van der Waals surface area (Å²) < 4.78 is 52.6. The molecule has 0 fully saturated rings. The van der Waals surface area contributed by atoms with Gasteiger partial charge in [0.1, 0.15) is 23.4 Å². The van der Waals surface area contributed by atoms with E-state index < -0.39 is 27.9 Å². The molecule has 7 nitrogen and oxygen atoms in total. The van der Waals surface area contributed by atoms with Gasteiger partial charge in [-0.1, -0.05) is 36.9 Å². The Labute approximate surface area is 253 Å². The highest BCUT2D eigenvalue weighted by Gasteiger charge is 2.28. The zero-order valence-electron chi connectivity index (χ0n) is 24.9. The summed E-state index contributed by atoms with van der Waals surface area (Å²) in [4.78, 5) is 11.2. The van der Waals surface area contributed by atoms with Gasteiger partial charge in [-0.2, -0.15) is 4.31 Å². The molecule has 2 atom stereocenters. The monoisotopic (exact) mass is 607 g/mol. The lowest BCUT2D eigenvalue weighted by molar-refractivity contribution is -0.137. The molecule has 43 heavy (non-hydrogen) atoms. The summed E-state index contributed by atoms with van der Waals surface area (Å²) in [5.41, 5.74) is 7.66. The number of aliphatic carboxylic acids is 1. The van der Waals surface area contributed by atoms with E-state index in [0.717, 1.165) is 51.8 Å². The molecular weight excluding hydrogens is 569 g/mol. The fourth-order valence-electron chi connectivity index (χ4n) is 6.25. The minimum atomic E-state index is -3.21. The van der Waals surface area contributed by atoms with E-state index in [9.17, 15) is 13.2 Å². The number of carboxylic acids is 1. The first-order valence-corrected chi connectivity index (χ1v) is 16.4. The van der Waals surface area contributed by atoms with Gasteiger partial charge in [-0.05, 0) is 85.1 Å². The number of ether oxygens (including phenoxy) is 2. The van der Waals surface area contributed by atoms with Crippen molar-refractivity contribution in [2.24, 2.45) is 0 Å². The second-order valence-corrected chi connectivity index (χ2v) is 13.6. The summed E-state index contributed by atoms with van der Waals surface area (Å²) in [5.74, 6) is -0.372. The number of nitrogens with zero attached hydrogens (tertiary/aromatic N) is 1. The van der Waals surface area contributed by atoms with Gasteiger partial charge in [0.15, 0.2) is 0 Å². The van der Waals surface area contributed by atoms with Gasteiger partial charge >= 0.3 is 5.97 Å². The van der Waals surface area contributed by atoms with Gasteiger partial charge in [0.2, 0.25) is 10.0 Å². The molecule has 0 radical (unpaired) electrons. The molecule has 228 valence electrons. The minimum Gasteiger partial charge on any atom is -0.492 e. The molecular formula is C34H38FNO6S. The molecule has 2 aromatic carbocycles. The van der Waals surface area contributed by atoms with Gasteiger partial charge in [-0.3, -0.25) is 4.79 Å². The molecule has 0 saturated carbocycles. The van der Waals surface area contributed by atoms with Crippen molar-refractivity contribution in [3.8, 4) is 11.5 Å². The minimum absolute atomic E-state index is 0.00162. The number of sulfonamides is 1. The Kier molecular flexibility index (Phi) is 8.94. The van der Waals surface area contributed by atoms with Crippen LogP contribution in [-0.2, 0) is 14.8 Å². The highest BCUT2D eigenvalue weighted by molar-refractivity contribution is 7.88. The number of fused-ring (bicyclic) bond motifs is 1. The van der Waals surface area contributed by atoms with E-state index in [1.165, 1.54) is 16.6 Å². The van der Waals surface area contributed by atoms with Crippen LogP contribution in [0.4, 0.5) is 4.39 Å². The highest BCUT2D eigenvalue weighted by Crippen LogP contribution is 2.40. The number of hydrogen-bond acceptors (Lipinski definition) is 5. The highest BCUT2D eigenvalue weighted by atomic mass is 32.2. The van der Waals surface area contributed by atoms with Gasteiger partial charge in [0.25, 0.3) is 0 Å². The molecule has 0 amide bonds. The lowest BCUT2D eigenvalue weighted by atomic mass is 9.88. The van der Waals surface area contributed by atoms with Gasteiger partial charge in [-0.15, -0.1) is 0 Å². The van der Waals surface area contributed by atoms with Crippen LogP contribution in [0.3, 0.4) is 0 Å². The largest absolute Gasteiger partial charge is 0.492 e. The zero-order chi connectivity index (χ0) is 30.9. The van der Waals surface area contributed by atoms with Crippen molar-refractivity contribution >= 4 is 27.1 Å². The molecule has 0 aromatic heterocycles. The van der Waals surface area contributed by atoms with Crippen molar-refractivity contribution in [1.29, 1.82) is 0 Å². The average molecular weight is 608 g/mol. The summed E-state index contributed by atoms with van der Waals surface area (Å²) in [6, 6.07) is 9.63. The lowest BCUT2D eigenvalue weighted by Crippen LogP contribution is -2.33. The van der Waals surface area contributed by atoms with Crippen LogP contribution in [0.25, 0.3) is 11.1 Å². The number of aryl methyl sites for hydroxylation is 2. The number of hydrogen-bond donors (Lipinski definition) is 1. The summed E-state index contributed by atoms with van der Waals surface area (Å²) in [5, 5.41) is 9.16. The SMILES string of the molecule is C=C1/C(F)=C\C=C(\c2c(C)cc(C3=CCN(S(C)(=O)=O)CC3)cc2C)CCC[C@H]1Oc1ccc2c(c1)OC[C@H]2CC(=O)O. The van der Waals surface area contributed by atoms with E-state index in [1.54, 1.807) is 12.1 Å². The maximum Gasteiger partial charge on any atom is 0.304 e. The maximum absolute atomic E-state index is 15.4. The molecule has 1 aliphatic carbocycles. The van der Waals surface area contributed by atoms with Crippen LogP contribution in [-0.4, -0.2) is 55.9 Å². The third-order valence-electron chi connectivity index (χ3n) is 8.47. The second-order valence-electron chi connectivity index (χ2n) is 11.6. The van der Waals surface area contributed by atoms with Crippen molar-refractivity contribution in [2.75, 3.05) is 26.0 Å². The number of carboxylic acid groups (broad SMARTS) is 1. The number of rotatable bonds is 7. The van der Waals surface area contributed by atoms with Gasteiger partial charge in [0, 0.05) is 36.2 Å². The zero-order valence-corrected chi connectivity index (χ0v) is 25.7. The molecule has 0 saturated heterocycles. The van der Waals surface area contributed by atoms with Crippen molar-refractivity contribution in [3.05, 3.63) is 94.4 Å². The van der Waals surface area contributed by atoms with Crippen molar-refractivity contribution in [2.45, 2.75) is 58.0 Å². The smallest absolute Gasteiger partial charge is 0.304 e. The fourth-order valence-corrected chi connectivity index (χ4v) is 7.02. The third-order valence-corrected chi connectivity index (χ3v) is 9.74. The molecule has 1 N–H and O–H groups in total. The summed E-state index contributed by atoms with van der Waals surface area (Å²) in [6.07, 6.45) is 8.69. The van der Waals surface area contributed by atoms with Gasteiger partial charge in [0.05, 0.1) is 19.3 Å². The summed E-state index contributed by atoms with van der Waals surface area (Å²) >= 11 is 0. The number of allylic oxidation sites excluding steroid dienone is 3. The lowest BCUT2D eigenvalue weighted by Gasteiger charge is -2.25. The van der Waals surface area contributed by atoms with E-state index in [1.807, 2.05) is 18.2 Å². The molecule has 2 aromatic rings. The Hall–Kier alpha value is -3.69. The Bertz CT molecular complexity index is 1630. The molecule has 2 heterocycles. The first-order chi connectivity index (χ1) is 20.4. The maximum atomic E-state index is 15.4. The Morgan fingerprint density at radius 1 is 1.14 bits per heavy atom. The molecule has 2 aliphatic heterocycles. The molecule has 0 unspecified atom stereocenters. The Morgan fingerprint density at radius 3 is 2.53 bits per heavy atom. The molecule has 9 heteroatoms. The van der Waals surface area contributed by atoms with Crippen LogP contribution in [0, 0.1) is 13.8 Å². The average Bonchev–Trinajstić information content (AvgIpc) is 3.36. The molecule has 3 aliphatic rings. The van der Waals surface area contributed by atoms with Gasteiger partial charge < -0.3 is 14.6 Å². The predicted molar refractivity (Wildman–Crippen MR) is 166 cm³/mol. The van der Waals surface area contributed by atoms with E-state index in [2.05, 4.69) is 32.6 Å². The van der Waals surface area contributed by atoms with Crippen LogP contribution in [0.1, 0.15) is 65.8 Å². The predicted octanol–water partition coefficient (Wildman–Crippen LogP) is 6.73. The number of carbonyl (C=O) groups is 1. The topological polar surface area (TPSA) is 93.1 Å². The van der Waals surface area contributed by atoms with Crippen molar-refractivity contribution < 1.29 is 32.2 Å². The van der Waals surface area contributed by atoms with E-state index >= 15 is 4.39 Å². The molecule has 0 spiro atoms. The van der Waals surface area contributed by atoms with E-state index in [-0.39, 0.29) is 17.9 Å². The van der Waals surface area contributed by atoms with Gasteiger partial charge in [-0.25, -0.2) is 12.8 Å². The van der Waals surface area contributed by atoms with Crippen LogP contribution >= 0.6 is 0 Å². The van der Waals surface area contributed by atoms with Crippen LogP contribution in [0.5, 0.6) is 11.5 Å². The standard InChI is InChI=1S/C34H38FNO6S/c1-21-16-26(24-12-14-36(15-13-24)43(4,39)40)17-22(2)34(21)25-6-5-7-31(23(3)30(35)11-8-25)42-28-9-10-29-27(18-33(37)38)20-41-32(29)19-28/h8-12,16-17,19,27,31H,3,5-7,13-15,18,20H2,1-2,4H3,(H,37,38)/b25-8+,30-11+/t27-,31-/m1/s1. The van der Waals surface area contributed by atoms with Crippen molar-refractivity contribution in [1.82, 2.24) is 4.31 Å². The third kappa shape index (κ3) is 6.94. The fraction of sp³-hybridized carbons (Fsp3) is 0.382.